The number of nitrogens with zero attached hydrogens (tertiary/aromatic N) is 2. The number of aliphatic imine (C=N–C) groups is 1. The average Bonchev–Trinajstić information content (AvgIpc) is 2.97. The van der Waals surface area contributed by atoms with E-state index in [1.54, 1.807) is 7.11 Å². The fourth-order valence-corrected chi connectivity index (χ4v) is 3.27. The van der Waals surface area contributed by atoms with Crippen molar-refractivity contribution in [3.8, 4) is 5.75 Å². The molecule has 2 aliphatic rings. The third-order valence-electron chi connectivity index (χ3n) is 4.22. The van der Waals surface area contributed by atoms with Gasteiger partial charge in [0.2, 0.25) is 0 Å². The first-order valence-corrected chi connectivity index (χ1v) is 7.35. The molecule has 1 fully saturated rings. The van der Waals surface area contributed by atoms with E-state index in [4.69, 9.17) is 9.73 Å². The zero-order valence-corrected chi connectivity index (χ0v) is 11.6. The number of hydrogen-bond donors (Lipinski definition) is 0. The molecule has 1 aliphatic carbocycles. The summed E-state index contributed by atoms with van der Waals surface area (Å²) in [4.78, 5) is 7.15. The molecule has 0 saturated heterocycles. The lowest BCUT2D eigenvalue weighted by Gasteiger charge is -2.29. The molecule has 0 aromatic heterocycles. The first-order valence-electron chi connectivity index (χ1n) is 7.35. The van der Waals surface area contributed by atoms with Crippen molar-refractivity contribution < 1.29 is 4.74 Å². The van der Waals surface area contributed by atoms with Crippen LogP contribution in [-0.4, -0.2) is 26.0 Å². The maximum absolute atomic E-state index is 5.50. The number of methoxy groups -OCH3 is 1. The van der Waals surface area contributed by atoms with Crippen LogP contribution in [0, 0.1) is 5.92 Å². The molecule has 102 valence electrons. The van der Waals surface area contributed by atoms with Crippen molar-refractivity contribution in [1.82, 2.24) is 0 Å². The largest absolute Gasteiger partial charge is 0.495 e. The molecule has 0 bridgehead atoms. The van der Waals surface area contributed by atoms with Crippen molar-refractivity contribution in [1.29, 1.82) is 0 Å². The van der Waals surface area contributed by atoms with Gasteiger partial charge >= 0.3 is 0 Å². The predicted octanol–water partition coefficient (Wildman–Crippen LogP) is 3.49. The maximum Gasteiger partial charge on any atom is 0.142 e. The van der Waals surface area contributed by atoms with E-state index in [9.17, 15) is 0 Å². The van der Waals surface area contributed by atoms with Crippen molar-refractivity contribution in [3.63, 3.8) is 0 Å². The monoisotopic (exact) mass is 258 g/mol. The number of ether oxygens (including phenoxy) is 1. The molecule has 3 nitrogen and oxygen atoms in total. The van der Waals surface area contributed by atoms with Crippen LogP contribution in [0.5, 0.6) is 5.75 Å². The number of benzene rings is 1. The molecule has 0 unspecified atom stereocenters. The van der Waals surface area contributed by atoms with Gasteiger partial charge in [0.05, 0.1) is 19.3 Å². The first kappa shape index (κ1) is 12.5. The van der Waals surface area contributed by atoms with Crippen molar-refractivity contribution in [2.75, 3.05) is 25.1 Å². The molecule has 3 rings (SSSR count). The van der Waals surface area contributed by atoms with Crippen LogP contribution in [0.15, 0.2) is 29.3 Å². The van der Waals surface area contributed by atoms with Crippen LogP contribution in [0.1, 0.15) is 32.1 Å². The third-order valence-corrected chi connectivity index (χ3v) is 4.22. The second-order valence-electron chi connectivity index (χ2n) is 5.40. The minimum Gasteiger partial charge on any atom is -0.495 e. The Morgan fingerprint density at radius 1 is 1.16 bits per heavy atom. The molecular weight excluding hydrogens is 236 g/mol. The zero-order chi connectivity index (χ0) is 13.1. The Hall–Kier alpha value is -1.51. The fourth-order valence-electron chi connectivity index (χ4n) is 3.27. The summed E-state index contributed by atoms with van der Waals surface area (Å²) < 4.78 is 5.50. The number of hydrogen-bond acceptors (Lipinski definition) is 3. The SMILES string of the molecule is COc1ccccc1N1CCN=C1C1CCCCC1. The lowest BCUT2D eigenvalue weighted by atomic mass is 9.88. The second-order valence-corrected chi connectivity index (χ2v) is 5.40. The van der Waals surface area contributed by atoms with E-state index in [2.05, 4.69) is 17.0 Å². The molecule has 1 aromatic carbocycles. The lowest BCUT2D eigenvalue weighted by molar-refractivity contribution is 0.414. The second kappa shape index (κ2) is 5.64. The molecule has 1 saturated carbocycles. The van der Waals surface area contributed by atoms with Gasteiger partial charge in [-0.3, -0.25) is 4.99 Å². The number of anilines is 1. The predicted molar refractivity (Wildman–Crippen MR) is 79.2 cm³/mol. The van der Waals surface area contributed by atoms with Gasteiger partial charge in [0.15, 0.2) is 0 Å². The van der Waals surface area contributed by atoms with E-state index in [0.29, 0.717) is 5.92 Å². The van der Waals surface area contributed by atoms with Crippen LogP contribution in [0.2, 0.25) is 0 Å². The van der Waals surface area contributed by atoms with Crippen LogP contribution in [0.3, 0.4) is 0 Å². The van der Waals surface area contributed by atoms with Crippen LogP contribution in [0.4, 0.5) is 5.69 Å². The van der Waals surface area contributed by atoms with E-state index in [0.717, 1.165) is 18.8 Å². The molecule has 0 N–H and O–H groups in total. The van der Waals surface area contributed by atoms with Crippen molar-refractivity contribution >= 4 is 11.5 Å². The molecule has 0 amide bonds. The van der Waals surface area contributed by atoms with Gasteiger partial charge in [-0.2, -0.15) is 0 Å². The molecule has 0 spiro atoms. The lowest BCUT2D eigenvalue weighted by Crippen LogP contribution is -2.34. The quantitative estimate of drug-likeness (QED) is 0.829. The summed E-state index contributed by atoms with van der Waals surface area (Å²) in [5.41, 5.74) is 1.17. The highest BCUT2D eigenvalue weighted by Crippen LogP contribution is 2.34. The normalized spacial score (nSPS) is 20.5. The summed E-state index contributed by atoms with van der Waals surface area (Å²) in [6, 6.07) is 8.28. The highest BCUT2D eigenvalue weighted by atomic mass is 16.5. The van der Waals surface area contributed by atoms with Crippen LogP contribution in [-0.2, 0) is 0 Å². The van der Waals surface area contributed by atoms with Crippen molar-refractivity contribution in [3.05, 3.63) is 24.3 Å². The van der Waals surface area contributed by atoms with E-state index in [1.165, 1.54) is 43.6 Å². The third kappa shape index (κ3) is 2.46. The van der Waals surface area contributed by atoms with Crippen LogP contribution < -0.4 is 9.64 Å². The van der Waals surface area contributed by atoms with Gasteiger partial charge in [0, 0.05) is 12.5 Å². The number of para-hydroxylation sites is 2. The van der Waals surface area contributed by atoms with Gasteiger partial charge in [-0.05, 0) is 25.0 Å². The first-order chi connectivity index (χ1) is 9.40. The summed E-state index contributed by atoms with van der Waals surface area (Å²) in [5.74, 6) is 2.90. The molecule has 0 radical (unpaired) electrons. The molecule has 3 heteroatoms. The standard InChI is InChI=1S/C16H22N2O/c1-19-15-10-6-5-9-14(15)18-12-11-17-16(18)13-7-3-2-4-8-13/h5-6,9-10,13H,2-4,7-8,11-12H2,1H3. The summed E-state index contributed by atoms with van der Waals surface area (Å²) in [5, 5.41) is 0. The summed E-state index contributed by atoms with van der Waals surface area (Å²) >= 11 is 0. The number of amidine groups is 1. The molecular formula is C16H22N2O. The summed E-state index contributed by atoms with van der Waals surface area (Å²) in [7, 11) is 1.74. The van der Waals surface area contributed by atoms with Gasteiger partial charge in [0.1, 0.15) is 11.6 Å². The topological polar surface area (TPSA) is 24.8 Å². The molecule has 1 heterocycles. The Morgan fingerprint density at radius 3 is 2.74 bits per heavy atom. The Labute approximate surface area is 115 Å². The Bertz CT molecular complexity index is 464. The maximum atomic E-state index is 5.50. The summed E-state index contributed by atoms with van der Waals surface area (Å²) in [6.07, 6.45) is 6.68. The Kier molecular flexibility index (Phi) is 3.72. The minimum atomic E-state index is 0.654. The zero-order valence-electron chi connectivity index (χ0n) is 11.6. The average molecular weight is 258 g/mol. The highest BCUT2D eigenvalue weighted by molar-refractivity contribution is 6.02. The van der Waals surface area contributed by atoms with Gasteiger partial charge in [-0.15, -0.1) is 0 Å². The molecule has 1 aromatic rings. The molecule has 19 heavy (non-hydrogen) atoms. The highest BCUT2D eigenvalue weighted by Gasteiger charge is 2.28. The van der Waals surface area contributed by atoms with Crippen LogP contribution >= 0.6 is 0 Å². The Morgan fingerprint density at radius 2 is 1.95 bits per heavy atom. The van der Waals surface area contributed by atoms with E-state index < -0.39 is 0 Å². The van der Waals surface area contributed by atoms with Gasteiger partial charge in [-0.25, -0.2) is 0 Å². The van der Waals surface area contributed by atoms with Crippen molar-refractivity contribution in [2.45, 2.75) is 32.1 Å². The fraction of sp³-hybridized carbons (Fsp3) is 0.562. The minimum absolute atomic E-state index is 0.654. The molecule has 0 atom stereocenters. The summed E-state index contributed by atoms with van der Waals surface area (Å²) in [6.45, 7) is 1.91. The Balaban J connectivity index is 1.85. The van der Waals surface area contributed by atoms with Crippen LogP contribution in [0.25, 0.3) is 0 Å². The van der Waals surface area contributed by atoms with Gasteiger partial charge in [-0.1, -0.05) is 31.4 Å². The van der Waals surface area contributed by atoms with E-state index >= 15 is 0 Å². The van der Waals surface area contributed by atoms with E-state index in [1.807, 2.05) is 12.1 Å². The molecule has 1 aliphatic heterocycles. The van der Waals surface area contributed by atoms with E-state index in [-0.39, 0.29) is 0 Å². The van der Waals surface area contributed by atoms with Gasteiger partial charge in [0.25, 0.3) is 0 Å². The number of rotatable bonds is 3. The van der Waals surface area contributed by atoms with Gasteiger partial charge < -0.3 is 9.64 Å². The smallest absolute Gasteiger partial charge is 0.142 e. The van der Waals surface area contributed by atoms with Crippen molar-refractivity contribution in [2.24, 2.45) is 10.9 Å².